The molecule has 0 bridgehead atoms. The number of hydrogen-bond acceptors (Lipinski definition) is 3. The molecule has 1 fully saturated rings. The molecule has 1 aliphatic heterocycles. The van der Waals surface area contributed by atoms with Crippen LogP contribution in [-0.2, 0) is 0 Å². The van der Waals surface area contributed by atoms with Crippen LogP contribution in [-0.4, -0.2) is 28.4 Å². The number of thiophene rings is 1. The highest BCUT2D eigenvalue weighted by atomic mass is 32.1. The molecule has 3 heterocycles. The number of aromatic nitrogens is 1. The Morgan fingerprint density at radius 2 is 2.32 bits per heavy atom. The summed E-state index contributed by atoms with van der Waals surface area (Å²) >= 11 is 1.65. The number of likely N-dealkylation sites (tertiary alicyclic amines) is 1. The molecule has 2 aromatic rings. The minimum atomic E-state index is 0.106. The highest BCUT2D eigenvalue weighted by molar-refractivity contribution is 7.08. The smallest absolute Gasteiger partial charge is 0.255 e. The molecule has 1 amide bonds. The van der Waals surface area contributed by atoms with Gasteiger partial charge >= 0.3 is 0 Å². The van der Waals surface area contributed by atoms with Crippen LogP contribution in [0, 0.1) is 0 Å². The maximum atomic E-state index is 12.3. The van der Waals surface area contributed by atoms with Crippen molar-refractivity contribution in [2.45, 2.75) is 25.8 Å². The quantitative estimate of drug-likeness (QED) is 0.839. The maximum Gasteiger partial charge on any atom is 0.255 e. The maximum absolute atomic E-state index is 12.3. The predicted molar refractivity (Wildman–Crippen MR) is 77.3 cm³/mol. The standard InChI is InChI=1S/C15H16N2OS/c1-11-3-2-7-17(11)15(18)12-4-5-14(16-9-12)13-6-8-19-10-13/h4-6,8-11H,2-3,7H2,1H3. The van der Waals surface area contributed by atoms with Gasteiger partial charge in [0.15, 0.2) is 0 Å². The van der Waals surface area contributed by atoms with Gasteiger partial charge in [-0.3, -0.25) is 9.78 Å². The molecular weight excluding hydrogens is 256 g/mol. The van der Waals surface area contributed by atoms with Gasteiger partial charge in [0, 0.05) is 29.7 Å². The normalized spacial score (nSPS) is 18.8. The first-order valence-electron chi connectivity index (χ1n) is 6.55. The van der Waals surface area contributed by atoms with E-state index in [9.17, 15) is 4.79 Å². The Bertz CT molecular complexity index is 562. The molecule has 98 valence electrons. The van der Waals surface area contributed by atoms with E-state index in [0.717, 1.165) is 30.6 Å². The zero-order valence-electron chi connectivity index (χ0n) is 10.9. The van der Waals surface area contributed by atoms with Crippen molar-refractivity contribution in [1.82, 2.24) is 9.88 Å². The van der Waals surface area contributed by atoms with Gasteiger partial charge in [-0.05, 0) is 43.3 Å². The third kappa shape index (κ3) is 2.40. The number of amides is 1. The van der Waals surface area contributed by atoms with Crippen LogP contribution in [0.4, 0.5) is 0 Å². The van der Waals surface area contributed by atoms with Crippen molar-refractivity contribution in [2.24, 2.45) is 0 Å². The first-order chi connectivity index (χ1) is 9.25. The van der Waals surface area contributed by atoms with Crippen LogP contribution in [0.3, 0.4) is 0 Å². The molecule has 2 aromatic heterocycles. The minimum Gasteiger partial charge on any atom is -0.336 e. The zero-order chi connectivity index (χ0) is 13.2. The average molecular weight is 272 g/mol. The molecule has 1 saturated heterocycles. The summed E-state index contributed by atoms with van der Waals surface area (Å²) in [6.07, 6.45) is 3.90. The third-order valence-electron chi connectivity index (χ3n) is 3.64. The molecule has 0 aromatic carbocycles. The fourth-order valence-electron chi connectivity index (χ4n) is 2.50. The first-order valence-corrected chi connectivity index (χ1v) is 7.49. The van der Waals surface area contributed by atoms with Gasteiger partial charge in [-0.1, -0.05) is 0 Å². The summed E-state index contributed by atoms with van der Waals surface area (Å²) in [5.41, 5.74) is 2.72. The van der Waals surface area contributed by atoms with E-state index in [0.29, 0.717) is 11.6 Å². The molecule has 1 atom stereocenters. The third-order valence-corrected chi connectivity index (χ3v) is 4.32. The molecule has 3 rings (SSSR count). The van der Waals surface area contributed by atoms with Crippen molar-refractivity contribution in [3.05, 3.63) is 40.7 Å². The van der Waals surface area contributed by atoms with Gasteiger partial charge in [0.1, 0.15) is 0 Å². The Balaban J connectivity index is 1.81. The summed E-state index contributed by atoms with van der Waals surface area (Å²) < 4.78 is 0. The van der Waals surface area contributed by atoms with E-state index in [1.165, 1.54) is 0 Å². The Kier molecular flexibility index (Phi) is 3.34. The van der Waals surface area contributed by atoms with E-state index >= 15 is 0 Å². The molecule has 0 N–H and O–H groups in total. The number of carbonyl (C=O) groups excluding carboxylic acids is 1. The van der Waals surface area contributed by atoms with Crippen molar-refractivity contribution >= 4 is 17.2 Å². The van der Waals surface area contributed by atoms with Gasteiger partial charge in [0.25, 0.3) is 5.91 Å². The monoisotopic (exact) mass is 272 g/mol. The lowest BCUT2D eigenvalue weighted by Crippen LogP contribution is -2.33. The van der Waals surface area contributed by atoms with Gasteiger partial charge in [-0.2, -0.15) is 11.3 Å². The van der Waals surface area contributed by atoms with Crippen LogP contribution in [0.1, 0.15) is 30.1 Å². The molecule has 0 radical (unpaired) electrons. The fraction of sp³-hybridized carbons (Fsp3) is 0.333. The van der Waals surface area contributed by atoms with E-state index in [4.69, 9.17) is 0 Å². The Hall–Kier alpha value is -1.68. The summed E-state index contributed by atoms with van der Waals surface area (Å²) in [5, 5.41) is 4.09. The van der Waals surface area contributed by atoms with Crippen LogP contribution < -0.4 is 0 Å². The van der Waals surface area contributed by atoms with Crippen molar-refractivity contribution in [1.29, 1.82) is 0 Å². The van der Waals surface area contributed by atoms with E-state index < -0.39 is 0 Å². The van der Waals surface area contributed by atoms with Crippen LogP contribution in [0.15, 0.2) is 35.2 Å². The second-order valence-electron chi connectivity index (χ2n) is 4.93. The van der Waals surface area contributed by atoms with Crippen molar-refractivity contribution in [2.75, 3.05) is 6.54 Å². The highest BCUT2D eigenvalue weighted by Gasteiger charge is 2.26. The van der Waals surface area contributed by atoms with E-state index in [-0.39, 0.29) is 5.91 Å². The molecule has 1 aliphatic rings. The van der Waals surface area contributed by atoms with Crippen LogP contribution in [0.25, 0.3) is 11.3 Å². The van der Waals surface area contributed by atoms with Gasteiger partial charge in [0.05, 0.1) is 11.3 Å². The zero-order valence-corrected chi connectivity index (χ0v) is 11.7. The lowest BCUT2D eigenvalue weighted by Gasteiger charge is -2.21. The van der Waals surface area contributed by atoms with E-state index in [1.54, 1.807) is 17.5 Å². The van der Waals surface area contributed by atoms with Crippen molar-refractivity contribution in [3.8, 4) is 11.3 Å². The number of pyridine rings is 1. The van der Waals surface area contributed by atoms with Gasteiger partial charge in [-0.25, -0.2) is 0 Å². The lowest BCUT2D eigenvalue weighted by atomic mass is 10.1. The Morgan fingerprint density at radius 1 is 1.42 bits per heavy atom. The van der Waals surface area contributed by atoms with Gasteiger partial charge < -0.3 is 4.90 Å². The Labute approximate surface area is 116 Å². The topological polar surface area (TPSA) is 33.2 Å². The number of carbonyl (C=O) groups is 1. The summed E-state index contributed by atoms with van der Waals surface area (Å²) in [6.45, 7) is 2.98. The van der Waals surface area contributed by atoms with Crippen LogP contribution in [0.5, 0.6) is 0 Å². The average Bonchev–Trinajstić information content (AvgIpc) is 3.09. The second kappa shape index (κ2) is 5.13. The summed E-state index contributed by atoms with van der Waals surface area (Å²) in [6, 6.07) is 6.20. The molecule has 0 saturated carbocycles. The number of nitrogens with zero attached hydrogens (tertiary/aromatic N) is 2. The molecule has 4 heteroatoms. The van der Waals surface area contributed by atoms with Crippen molar-refractivity contribution < 1.29 is 4.79 Å². The lowest BCUT2D eigenvalue weighted by molar-refractivity contribution is 0.0747. The SMILES string of the molecule is CC1CCCN1C(=O)c1ccc(-c2ccsc2)nc1. The van der Waals surface area contributed by atoms with Gasteiger partial charge in [-0.15, -0.1) is 0 Å². The predicted octanol–water partition coefficient (Wildman–Crippen LogP) is 3.43. The summed E-state index contributed by atoms with van der Waals surface area (Å²) in [5.74, 6) is 0.106. The number of hydrogen-bond donors (Lipinski definition) is 0. The molecule has 19 heavy (non-hydrogen) atoms. The Morgan fingerprint density at radius 3 is 2.89 bits per heavy atom. The van der Waals surface area contributed by atoms with Crippen LogP contribution >= 0.6 is 11.3 Å². The molecule has 1 unspecified atom stereocenters. The molecule has 3 nitrogen and oxygen atoms in total. The first kappa shape index (κ1) is 12.4. The summed E-state index contributed by atoms with van der Waals surface area (Å²) in [4.78, 5) is 18.7. The highest BCUT2D eigenvalue weighted by Crippen LogP contribution is 2.22. The molecule has 0 aliphatic carbocycles. The van der Waals surface area contributed by atoms with E-state index in [2.05, 4.69) is 17.3 Å². The largest absolute Gasteiger partial charge is 0.336 e. The van der Waals surface area contributed by atoms with Crippen LogP contribution in [0.2, 0.25) is 0 Å². The van der Waals surface area contributed by atoms with Gasteiger partial charge in [0.2, 0.25) is 0 Å². The minimum absolute atomic E-state index is 0.106. The number of rotatable bonds is 2. The molecular formula is C15H16N2OS. The molecule has 0 spiro atoms. The fourth-order valence-corrected chi connectivity index (χ4v) is 3.15. The second-order valence-corrected chi connectivity index (χ2v) is 5.71. The summed E-state index contributed by atoms with van der Waals surface area (Å²) in [7, 11) is 0. The van der Waals surface area contributed by atoms with E-state index in [1.807, 2.05) is 28.5 Å². The van der Waals surface area contributed by atoms with Crippen molar-refractivity contribution in [3.63, 3.8) is 0 Å².